The maximum atomic E-state index is 13.4. The molecule has 4 nitrogen and oxygen atoms in total. The zero-order valence-electron chi connectivity index (χ0n) is 26.3. The first-order chi connectivity index (χ1) is 19.7. The molecule has 2 atom stereocenters. The summed E-state index contributed by atoms with van der Waals surface area (Å²) in [6.45, 7) is 2.63. The standard InChI is InChI=1S/C36H62O4/c1-3-4-24-34-25-22-20-18-16-14-12-10-8-6-5-7-9-11-13-15-17-19-21-23-26-35(36(37)40-34)39-31-32-27-29-33(38-2)30-28-32/h27-30,34-35H,3-26,31H2,1-2H3. The SMILES string of the molecule is CCCCC1CCCCCCCCCCCCCCCCCCCCCC(OCc2ccc(OC)cc2)C(=O)O1. The highest BCUT2D eigenvalue weighted by molar-refractivity contribution is 5.74. The molecule has 0 saturated carbocycles. The van der Waals surface area contributed by atoms with Gasteiger partial charge < -0.3 is 14.2 Å². The summed E-state index contributed by atoms with van der Waals surface area (Å²) >= 11 is 0. The van der Waals surface area contributed by atoms with E-state index in [4.69, 9.17) is 14.2 Å². The number of methoxy groups -OCH3 is 1. The zero-order valence-corrected chi connectivity index (χ0v) is 26.3. The molecule has 1 aromatic carbocycles. The monoisotopic (exact) mass is 558 g/mol. The quantitative estimate of drug-likeness (QED) is 0.312. The second kappa shape index (κ2) is 24.1. The molecule has 0 amide bonds. The number of esters is 1. The molecule has 0 bridgehead atoms. The van der Waals surface area contributed by atoms with Crippen molar-refractivity contribution in [1.82, 2.24) is 0 Å². The number of carbonyl (C=O) groups excluding carboxylic acids is 1. The number of rotatable bonds is 7. The molecule has 0 aromatic heterocycles. The molecular weight excluding hydrogens is 496 g/mol. The van der Waals surface area contributed by atoms with Crippen molar-refractivity contribution >= 4 is 5.97 Å². The maximum Gasteiger partial charge on any atom is 0.335 e. The fraction of sp³-hybridized carbons (Fsp3) is 0.806. The lowest BCUT2D eigenvalue weighted by atomic mass is 10.0. The second-order valence-corrected chi connectivity index (χ2v) is 12.1. The van der Waals surface area contributed by atoms with Crippen molar-refractivity contribution in [2.75, 3.05) is 7.11 Å². The second-order valence-electron chi connectivity index (χ2n) is 12.1. The van der Waals surface area contributed by atoms with E-state index in [2.05, 4.69) is 6.92 Å². The molecule has 40 heavy (non-hydrogen) atoms. The van der Waals surface area contributed by atoms with Crippen molar-refractivity contribution in [3.8, 4) is 5.75 Å². The van der Waals surface area contributed by atoms with Gasteiger partial charge in [0.15, 0.2) is 6.10 Å². The Kier molecular flexibility index (Phi) is 20.9. The van der Waals surface area contributed by atoms with Crippen LogP contribution in [-0.2, 0) is 20.9 Å². The zero-order chi connectivity index (χ0) is 28.5. The summed E-state index contributed by atoms with van der Waals surface area (Å²) in [5.41, 5.74) is 1.05. The highest BCUT2D eigenvalue weighted by Crippen LogP contribution is 2.21. The Balaban J connectivity index is 1.91. The Hall–Kier alpha value is -1.55. The van der Waals surface area contributed by atoms with Gasteiger partial charge in [0.2, 0.25) is 0 Å². The van der Waals surface area contributed by atoms with E-state index in [1.165, 1.54) is 103 Å². The predicted octanol–water partition coefficient (Wildman–Crippen LogP) is 10.9. The molecule has 1 fully saturated rings. The molecule has 0 N–H and O–H groups in total. The predicted molar refractivity (Wildman–Crippen MR) is 168 cm³/mol. The summed E-state index contributed by atoms with van der Waals surface area (Å²) < 4.78 is 17.7. The largest absolute Gasteiger partial charge is 0.497 e. The summed E-state index contributed by atoms with van der Waals surface area (Å²) in [5, 5.41) is 0. The lowest BCUT2D eigenvalue weighted by molar-refractivity contribution is -0.165. The minimum Gasteiger partial charge on any atom is -0.497 e. The topological polar surface area (TPSA) is 44.8 Å². The van der Waals surface area contributed by atoms with Gasteiger partial charge in [-0.2, -0.15) is 0 Å². The van der Waals surface area contributed by atoms with Crippen LogP contribution in [0.1, 0.15) is 167 Å². The van der Waals surface area contributed by atoms with E-state index in [1.54, 1.807) is 7.11 Å². The van der Waals surface area contributed by atoms with E-state index in [0.717, 1.165) is 62.7 Å². The van der Waals surface area contributed by atoms with E-state index >= 15 is 0 Å². The molecule has 2 unspecified atom stereocenters. The normalized spacial score (nSPS) is 22.9. The minimum atomic E-state index is -0.485. The molecule has 230 valence electrons. The van der Waals surface area contributed by atoms with Crippen molar-refractivity contribution in [3.05, 3.63) is 29.8 Å². The van der Waals surface area contributed by atoms with Crippen LogP contribution in [-0.4, -0.2) is 25.3 Å². The summed E-state index contributed by atoms with van der Waals surface area (Å²) in [6.07, 6.45) is 29.7. The van der Waals surface area contributed by atoms with E-state index in [-0.39, 0.29) is 12.1 Å². The van der Waals surface area contributed by atoms with Gasteiger partial charge in [0.25, 0.3) is 0 Å². The van der Waals surface area contributed by atoms with Crippen molar-refractivity contribution in [2.45, 2.75) is 180 Å². The number of ether oxygens (including phenoxy) is 3. The van der Waals surface area contributed by atoms with Crippen LogP contribution >= 0.6 is 0 Å². The maximum absolute atomic E-state index is 13.4. The van der Waals surface area contributed by atoms with Gasteiger partial charge in [-0.25, -0.2) is 4.79 Å². The number of cyclic esters (lactones) is 1. The smallest absolute Gasteiger partial charge is 0.335 e. The third-order valence-electron chi connectivity index (χ3n) is 8.53. The fourth-order valence-corrected chi connectivity index (χ4v) is 5.83. The molecule has 1 aromatic rings. The van der Waals surface area contributed by atoms with Gasteiger partial charge in [-0.15, -0.1) is 0 Å². The van der Waals surface area contributed by atoms with E-state index < -0.39 is 6.10 Å². The molecule has 1 aliphatic rings. The van der Waals surface area contributed by atoms with Gasteiger partial charge in [-0.05, 0) is 43.4 Å². The first kappa shape index (κ1) is 34.7. The van der Waals surface area contributed by atoms with E-state index in [1.807, 2.05) is 24.3 Å². The van der Waals surface area contributed by atoms with Gasteiger partial charge in [-0.3, -0.25) is 0 Å². The third kappa shape index (κ3) is 17.3. The molecule has 2 rings (SSSR count). The van der Waals surface area contributed by atoms with Gasteiger partial charge >= 0.3 is 5.97 Å². The molecule has 4 heteroatoms. The molecule has 0 spiro atoms. The number of hydrogen-bond donors (Lipinski definition) is 0. The molecule has 1 heterocycles. The molecule has 0 radical (unpaired) electrons. The molecular formula is C36H62O4. The Bertz CT molecular complexity index is 716. The van der Waals surface area contributed by atoms with Gasteiger partial charge in [0, 0.05) is 0 Å². The highest BCUT2D eigenvalue weighted by Gasteiger charge is 2.24. The fourth-order valence-electron chi connectivity index (χ4n) is 5.83. The van der Waals surface area contributed by atoms with Crippen molar-refractivity contribution in [2.24, 2.45) is 0 Å². The van der Waals surface area contributed by atoms with Crippen molar-refractivity contribution < 1.29 is 19.0 Å². The first-order valence-corrected chi connectivity index (χ1v) is 17.2. The van der Waals surface area contributed by atoms with Crippen LogP contribution in [0.25, 0.3) is 0 Å². The number of unbranched alkanes of at least 4 members (excludes halogenated alkanes) is 1. The Labute approximate surface area is 247 Å². The van der Waals surface area contributed by atoms with Crippen LogP contribution in [0.2, 0.25) is 0 Å². The number of carbonyl (C=O) groups is 1. The summed E-state index contributed by atoms with van der Waals surface area (Å²) in [6, 6.07) is 7.91. The molecule has 1 aliphatic heterocycles. The van der Waals surface area contributed by atoms with Gasteiger partial charge in [-0.1, -0.05) is 147 Å². The van der Waals surface area contributed by atoms with Crippen molar-refractivity contribution in [3.63, 3.8) is 0 Å². The third-order valence-corrected chi connectivity index (χ3v) is 8.53. The Morgan fingerprint density at radius 1 is 0.675 bits per heavy atom. The van der Waals surface area contributed by atoms with E-state index in [0.29, 0.717) is 6.61 Å². The highest BCUT2D eigenvalue weighted by atomic mass is 16.6. The average Bonchev–Trinajstić information content (AvgIpc) is 2.97. The summed E-state index contributed by atoms with van der Waals surface area (Å²) in [5.74, 6) is 0.678. The minimum absolute atomic E-state index is 0.0222. The Morgan fingerprint density at radius 2 is 1.12 bits per heavy atom. The van der Waals surface area contributed by atoms with Crippen LogP contribution in [0.5, 0.6) is 5.75 Å². The van der Waals surface area contributed by atoms with Crippen LogP contribution in [0.3, 0.4) is 0 Å². The van der Waals surface area contributed by atoms with Crippen molar-refractivity contribution in [1.29, 1.82) is 0 Å². The first-order valence-electron chi connectivity index (χ1n) is 17.2. The lowest BCUT2D eigenvalue weighted by Crippen LogP contribution is -2.30. The lowest BCUT2D eigenvalue weighted by Gasteiger charge is -2.22. The van der Waals surface area contributed by atoms with Crippen LogP contribution < -0.4 is 4.74 Å². The molecule has 0 aliphatic carbocycles. The van der Waals surface area contributed by atoms with E-state index in [9.17, 15) is 4.79 Å². The number of benzene rings is 1. The average molecular weight is 559 g/mol. The van der Waals surface area contributed by atoms with Crippen LogP contribution in [0.4, 0.5) is 0 Å². The van der Waals surface area contributed by atoms with Gasteiger partial charge in [0.1, 0.15) is 11.9 Å². The summed E-state index contributed by atoms with van der Waals surface area (Å²) in [4.78, 5) is 13.4. The van der Waals surface area contributed by atoms with Crippen LogP contribution in [0, 0.1) is 0 Å². The van der Waals surface area contributed by atoms with Crippen LogP contribution in [0.15, 0.2) is 24.3 Å². The molecule has 1 saturated heterocycles. The number of hydrogen-bond acceptors (Lipinski definition) is 4. The van der Waals surface area contributed by atoms with Gasteiger partial charge in [0.05, 0.1) is 13.7 Å². The summed E-state index contributed by atoms with van der Waals surface area (Å²) in [7, 11) is 1.67. The Morgan fingerprint density at radius 3 is 1.57 bits per heavy atom.